The van der Waals surface area contributed by atoms with Gasteiger partial charge in [-0.25, -0.2) is 0 Å². The lowest BCUT2D eigenvalue weighted by Gasteiger charge is -2.21. The Morgan fingerprint density at radius 1 is 0.737 bits per heavy atom. The third-order valence-electron chi connectivity index (χ3n) is 3.32. The second kappa shape index (κ2) is 11.6. The summed E-state index contributed by atoms with van der Waals surface area (Å²) in [6.45, 7) is 14.1. The molecule has 0 saturated carbocycles. The van der Waals surface area contributed by atoms with Crippen LogP contribution in [0.15, 0.2) is 0 Å². The van der Waals surface area contributed by atoms with E-state index in [-0.39, 0.29) is 0 Å². The molecule has 0 bridgehead atoms. The van der Waals surface area contributed by atoms with Crippen molar-refractivity contribution in [1.82, 2.24) is 26.6 Å². The van der Waals surface area contributed by atoms with Gasteiger partial charge in [0, 0.05) is 64.9 Å². The molecular formula is C14H33N5. The minimum atomic E-state index is 0.588. The van der Waals surface area contributed by atoms with Gasteiger partial charge in [0.15, 0.2) is 0 Å². The molecule has 1 heterocycles. The molecule has 0 amide bonds. The summed E-state index contributed by atoms with van der Waals surface area (Å²) < 4.78 is 0. The molecule has 1 unspecified atom stereocenters. The molecule has 0 aliphatic carbocycles. The van der Waals surface area contributed by atoms with Crippen molar-refractivity contribution in [2.75, 3.05) is 58.9 Å². The van der Waals surface area contributed by atoms with Crippen LogP contribution in [0.25, 0.3) is 0 Å². The molecule has 5 nitrogen and oxygen atoms in total. The van der Waals surface area contributed by atoms with Crippen molar-refractivity contribution in [3.8, 4) is 0 Å². The topological polar surface area (TPSA) is 60.1 Å². The predicted molar refractivity (Wildman–Crippen MR) is 82.7 cm³/mol. The van der Waals surface area contributed by atoms with Crippen molar-refractivity contribution in [2.24, 2.45) is 5.92 Å². The Labute approximate surface area is 118 Å². The monoisotopic (exact) mass is 271 g/mol. The third-order valence-corrected chi connectivity index (χ3v) is 3.32. The first kappa shape index (κ1) is 16.9. The van der Waals surface area contributed by atoms with Gasteiger partial charge in [-0.2, -0.15) is 0 Å². The highest BCUT2D eigenvalue weighted by Gasteiger charge is 2.09. The van der Waals surface area contributed by atoms with Gasteiger partial charge in [0.25, 0.3) is 0 Å². The van der Waals surface area contributed by atoms with E-state index < -0.39 is 0 Å². The van der Waals surface area contributed by atoms with Crippen LogP contribution in [0.1, 0.15) is 20.3 Å². The lowest BCUT2D eigenvalue weighted by molar-refractivity contribution is 0.397. The summed E-state index contributed by atoms with van der Waals surface area (Å²) in [6, 6.07) is 0.588. The average molecular weight is 271 g/mol. The summed E-state index contributed by atoms with van der Waals surface area (Å²) in [5.74, 6) is 0.747. The molecule has 0 aromatic rings. The number of nitrogens with one attached hydrogen (secondary N) is 5. The molecule has 1 atom stereocenters. The summed E-state index contributed by atoms with van der Waals surface area (Å²) in [4.78, 5) is 0. The number of hydrogen-bond acceptors (Lipinski definition) is 5. The van der Waals surface area contributed by atoms with Crippen LogP contribution in [0, 0.1) is 5.92 Å². The smallest absolute Gasteiger partial charge is 0.0195 e. The van der Waals surface area contributed by atoms with Gasteiger partial charge in [-0.1, -0.05) is 13.8 Å². The van der Waals surface area contributed by atoms with E-state index in [0.717, 1.165) is 64.8 Å². The van der Waals surface area contributed by atoms with Gasteiger partial charge >= 0.3 is 0 Å². The zero-order chi connectivity index (χ0) is 13.8. The predicted octanol–water partition coefficient (Wildman–Crippen LogP) is -0.637. The van der Waals surface area contributed by atoms with E-state index in [2.05, 4.69) is 40.4 Å². The average Bonchev–Trinajstić information content (AvgIpc) is 2.38. The Balaban J connectivity index is 2.25. The molecule has 5 heteroatoms. The molecule has 1 aliphatic rings. The number of hydrogen-bond donors (Lipinski definition) is 5. The van der Waals surface area contributed by atoms with E-state index in [9.17, 15) is 0 Å². The van der Waals surface area contributed by atoms with Gasteiger partial charge in [0.1, 0.15) is 0 Å². The van der Waals surface area contributed by atoms with Crippen molar-refractivity contribution in [1.29, 1.82) is 0 Å². The fourth-order valence-electron chi connectivity index (χ4n) is 2.35. The van der Waals surface area contributed by atoms with Crippen LogP contribution in [-0.2, 0) is 0 Å². The van der Waals surface area contributed by atoms with E-state index in [1.165, 1.54) is 6.42 Å². The van der Waals surface area contributed by atoms with E-state index in [0.29, 0.717) is 6.04 Å². The normalized spacial score (nSPS) is 25.7. The van der Waals surface area contributed by atoms with Crippen LogP contribution in [0.4, 0.5) is 0 Å². The molecule has 1 aliphatic heterocycles. The maximum Gasteiger partial charge on any atom is 0.0195 e. The standard InChI is InChI=1S/C14H33N5/c1-13(2)11-14-12-18-8-7-16-4-3-15-5-6-17-9-10-19-14/h13-19H,3-12H2,1-2H3. The minimum absolute atomic E-state index is 0.588. The van der Waals surface area contributed by atoms with Gasteiger partial charge in [-0.05, 0) is 12.3 Å². The molecular weight excluding hydrogens is 238 g/mol. The molecule has 1 rings (SSSR count). The molecule has 1 saturated heterocycles. The van der Waals surface area contributed by atoms with Gasteiger partial charge in [0.05, 0.1) is 0 Å². The molecule has 0 aromatic heterocycles. The van der Waals surface area contributed by atoms with Gasteiger partial charge in [-0.15, -0.1) is 0 Å². The van der Waals surface area contributed by atoms with Crippen molar-refractivity contribution < 1.29 is 0 Å². The summed E-state index contributed by atoms with van der Waals surface area (Å²) >= 11 is 0. The zero-order valence-corrected chi connectivity index (χ0v) is 12.7. The largest absolute Gasteiger partial charge is 0.314 e. The van der Waals surface area contributed by atoms with E-state index in [4.69, 9.17) is 0 Å². The van der Waals surface area contributed by atoms with Crippen LogP contribution < -0.4 is 26.6 Å². The maximum atomic E-state index is 3.65. The summed E-state index contributed by atoms with van der Waals surface area (Å²) in [5, 5.41) is 17.5. The first-order chi connectivity index (χ1) is 9.29. The van der Waals surface area contributed by atoms with Crippen molar-refractivity contribution in [2.45, 2.75) is 26.3 Å². The van der Waals surface area contributed by atoms with Crippen LogP contribution >= 0.6 is 0 Å². The summed E-state index contributed by atoms with van der Waals surface area (Å²) in [7, 11) is 0. The highest BCUT2D eigenvalue weighted by molar-refractivity contribution is 4.72. The van der Waals surface area contributed by atoms with Gasteiger partial charge < -0.3 is 26.6 Å². The molecule has 1 fully saturated rings. The lowest BCUT2D eigenvalue weighted by atomic mass is 10.0. The fraction of sp³-hybridized carbons (Fsp3) is 1.00. The van der Waals surface area contributed by atoms with E-state index in [1.54, 1.807) is 0 Å². The summed E-state index contributed by atoms with van der Waals surface area (Å²) in [6.07, 6.45) is 1.24. The Hall–Kier alpha value is -0.200. The quantitative estimate of drug-likeness (QED) is 0.463. The van der Waals surface area contributed by atoms with Crippen molar-refractivity contribution in [3.63, 3.8) is 0 Å². The third kappa shape index (κ3) is 10.3. The van der Waals surface area contributed by atoms with Crippen molar-refractivity contribution >= 4 is 0 Å². The molecule has 0 radical (unpaired) electrons. The second-order valence-electron chi connectivity index (χ2n) is 5.73. The van der Waals surface area contributed by atoms with Crippen LogP contribution in [0.3, 0.4) is 0 Å². The Bertz CT molecular complexity index is 182. The summed E-state index contributed by atoms with van der Waals surface area (Å²) in [5.41, 5.74) is 0. The maximum absolute atomic E-state index is 3.65. The van der Waals surface area contributed by atoms with Gasteiger partial charge in [-0.3, -0.25) is 0 Å². The van der Waals surface area contributed by atoms with Gasteiger partial charge in [0.2, 0.25) is 0 Å². The zero-order valence-electron chi connectivity index (χ0n) is 12.7. The SMILES string of the molecule is CC(C)CC1CNCCNCCNCCNCCN1. The van der Waals surface area contributed by atoms with Crippen LogP contribution in [0.2, 0.25) is 0 Å². The van der Waals surface area contributed by atoms with Crippen molar-refractivity contribution in [3.05, 3.63) is 0 Å². The first-order valence-corrected chi connectivity index (χ1v) is 7.85. The Morgan fingerprint density at radius 3 is 1.74 bits per heavy atom. The Kier molecular flexibility index (Phi) is 10.3. The highest BCUT2D eigenvalue weighted by Crippen LogP contribution is 2.03. The number of rotatable bonds is 2. The first-order valence-electron chi connectivity index (χ1n) is 7.85. The van der Waals surface area contributed by atoms with Crippen LogP contribution in [0.5, 0.6) is 0 Å². The molecule has 0 aromatic carbocycles. The minimum Gasteiger partial charge on any atom is -0.314 e. The fourth-order valence-corrected chi connectivity index (χ4v) is 2.35. The van der Waals surface area contributed by atoms with E-state index in [1.807, 2.05) is 0 Å². The highest BCUT2D eigenvalue weighted by atomic mass is 15.0. The molecule has 0 spiro atoms. The van der Waals surface area contributed by atoms with Crippen LogP contribution in [-0.4, -0.2) is 64.9 Å². The lowest BCUT2D eigenvalue weighted by Crippen LogP contribution is -2.43. The molecule has 5 N–H and O–H groups in total. The molecule has 19 heavy (non-hydrogen) atoms. The molecule has 114 valence electrons. The second-order valence-corrected chi connectivity index (χ2v) is 5.73. The Morgan fingerprint density at radius 2 is 1.21 bits per heavy atom. The van der Waals surface area contributed by atoms with E-state index >= 15 is 0 Å².